The highest BCUT2D eigenvalue weighted by Gasteiger charge is 2.20. The van der Waals surface area contributed by atoms with Gasteiger partial charge in [-0.1, -0.05) is 0 Å². The molecule has 196 valence electrons. The first-order valence-electron chi connectivity index (χ1n) is 13.0. The molecule has 4 heterocycles. The van der Waals surface area contributed by atoms with Crippen LogP contribution in [0.25, 0.3) is 11.4 Å². The van der Waals surface area contributed by atoms with Gasteiger partial charge in [-0.25, -0.2) is 4.98 Å². The molecule has 38 heavy (non-hydrogen) atoms. The second-order valence-electron chi connectivity index (χ2n) is 9.89. The molecule has 0 spiro atoms. The number of aromatic nitrogens is 4. The molecule has 2 aliphatic rings. The molecule has 0 saturated carbocycles. The maximum absolute atomic E-state index is 13.0. The number of thiazole rings is 1. The van der Waals surface area contributed by atoms with Gasteiger partial charge in [-0.3, -0.25) is 10.1 Å². The summed E-state index contributed by atoms with van der Waals surface area (Å²) >= 11 is 1.37. The van der Waals surface area contributed by atoms with Gasteiger partial charge in [0.2, 0.25) is 0 Å². The van der Waals surface area contributed by atoms with Crippen LogP contribution in [0.15, 0.2) is 54.0 Å². The first-order valence-corrected chi connectivity index (χ1v) is 13.9. The number of fused-ring (bicyclic) bond motifs is 1. The maximum atomic E-state index is 13.0. The van der Waals surface area contributed by atoms with Crippen LogP contribution in [0.2, 0.25) is 0 Å². The first-order chi connectivity index (χ1) is 18.6. The first kappa shape index (κ1) is 24.6. The molecule has 0 bridgehead atoms. The van der Waals surface area contributed by atoms with Gasteiger partial charge in [0.25, 0.3) is 5.91 Å². The van der Waals surface area contributed by atoms with Crippen molar-refractivity contribution in [2.75, 3.05) is 32.1 Å². The monoisotopic (exact) mass is 530 g/mol. The number of nitrogens with zero attached hydrogens (tertiary/aromatic N) is 5. The average molecular weight is 531 g/mol. The fourth-order valence-corrected chi connectivity index (χ4v) is 5.62. The normalized spacial score (nSPS) is 17.2. The molecule has 10 heteroatoms. The van der Waals surface area contributed by atoms with Gasteiger partial charge in [0.05, 0.1) is 6.61 Å². The third kappa shape index (κ3) is 5.56. The van der Waals surface area contributed by atoms with Crippen LogP contribution < -0.4 is 14.8 Å². The van der Waals surface area contributed by atoms with Crippen LogP contribution in [-0.4, -0.2) is 57.3 Å². The quantitative estimate of drug-likeness (QED) is 0.338. The van der Waals surface area contributed by atoms with E-state index < -0.39 is 0 Å². The van der Waals surface area contributed by atoms with Gasteiger partial charge in [0.1, 0.15) is 23.1 Å². The van der Waals surface area contributed by atoms with Crippen molar-refractivity contribution >= 4 is 22.4 Å². The summed E-state index contributed by atoms with van der Waals surface area (Å²) in [5.74, 6) is 3.92. The Morgan fingerprint density at radius 1 is 1.08 bits per heavy atom. The number of likely N-dealkylation sites (tertiary alicyclic amines) is 1. The van der Waals surface area contributed by atoms with E-state index in [1.807, 2.05) is 35.7 Å². The third-order valence-corrected chi connectivity index (χ3v) is 7.65. The van der Waals surface area contributed by atoms with Gasteiger partial charge in [0.15, 0.2) is 11.0 Å². The fraction of sp³-hybridized carbons (Fsp3) is 0.357. The average Bonchev–Trinajstić information content (AvgIpc) is 3.68. The van der Waals surface area contributed by atoms with E-state index in [1.165, 1.54) is 17.8 Å². The Hall–Kier alpha value is -3.76. The van der Waals surface area contributed by atoms with Gasteiger partial charge in [-0.05, 0) is 69.3 Å². The van der Waals surface area contributed by atoms with Crippen molar-refractivity contribution in [2.24, 2.45) is 5.92 Å². The van der Waals surface area contributed by atoms with E-state index in [0.717, 1.165) is 56.1 Å². The van der Waals surface area contributed by atoms with E-state index in [0.29, 0.717) is 40.5 Å². The Morgan fingerprint density at radius 2 is 1.95 bits per heavy atom. The summed E-state index contributed by atoms with van der Waals surface area (Å²) in [6.45, 7) is 3.68. The number of ether oxygens (including phenoxy) is 2. The van der Waals surface area contributed by atoms with Gasteiger partial charge < -0.3 is 18.9 Å². The molecule has 1 amide bonds. The molecule has 2 aliphatic heterocycles. The Labute approximate surface area is 225 Å². The van der Waals surface area contributed by atoms with Gasteiger partial charge in [-0.15, -0.1) is 21.5 Å². The SMILES string of the molecule is CN1CCCC(COc2cc(Oc3ccc(-c4nnc5n4CCC5)cc3)cc(C(=O)Nc3nccs3)c2)C1. The fourth-order valence-electron chi connectivity index (χ4n) is 5.10. The molecule has 4 aromatic rings. The minimum atomic E-state index is -0.261. The summed E-state index contributed by atoms with van der Waals surface area (Å²) in [4.78, 5) is 19.5. The summed E-state index contributed by atoms with van der Waals surface area (Å²) in [5.41, 5.74) is 1.44. The Morgan fingerprint density at radius 3 is 2.76 bits per heavy atom. The van der Waals surface area contributed by atoms with E-state index in [2.05, 4.69) is 37.0 Å². The molecular weight excluding hydrogens is 500 g/mol. The summed E-state index contributed by atoms with van der Waals surface area (Å²) in [6.07, 6.45) is 6.05. The van der Waals surface area contributed by atoms with Crippen molar-refractivity contribution < 1.29 is 14.3 Å². The molecule has 6 rings (SSSR count). The molecule has 1 N–H and O–H groups in total. The summed E-state index contributed by atoms with van der Waals surface area (Å²) in [7, 11) is 2.14. The highest BCUT2D eigenvalue weighted by Crippen LogP contribution is 2.31. The Bertz CT molecular complexity index is 1400. The molecule has 1 unspecified atom stereocenters. The molecule has 1 atom stereocenters. The lowest BCUT2D eigenvalue weighted by Gasteiger charge is -2.29. The highest BCUT2D eigenvalue weighted by atomic mass is 32.1. The number of piperidine rings is 1. The van der Waals surface area contributed by atoms with Crippen LogP contribution in [-0.2, 0) is 13.0 Å². The number of anilines is 1. The van der Waals surface area contributed by atoms with E-state index >= 15 is 0 Å². The number of rotatable bonds is 8. The van der Waals surface area contributed by atoms with Crippen molar-refractivity contribution in [3.63, 3.8) is 0 Å². The lowest BCUT2D eigenvalue weighted by Crippen LogP contribution is -2.34. The van der Waals surface area contributed by atoms with E-state index in [9.17, 15) is 4.79 Å². The Kier molecular flexibility index (Phi) is 7.06. The summed E-state index contributed by atoms with van der Waals surface area (Å²) < 4.78 is 14.6. The number of carbonyl (C=O) groups is 1. The number of carbonyl (C=O) groups excluding carboxylic acids is 1. The van der Waals surface area contributed by atoms with E-state index in [4.69, 9.17) is 9.47 Å². The largest absolute Gasteiger partial charge is 0.493 e. The van der Waals surface area contributed by atoms with E-state index in [1.54, 1.807) is 18.3 Å². The number of aryl methyl sites for hydroxylation is 1. The maximum Gasteiger partial charge on any atom is 0.257 e. The van der Waals surface area contributed by atoms with Crippen molar-refractivity contribution in [3.8, 4) is 28.6 Å². The molecule has 1 fully saturated rings. The molecule has 2 aromatic heterocycles. The predicted octanol–water partition coefficient (Wildman–Crippen LogP) is 5.11. The zero-order valence-electron chi connectivity index (χ0n) is 21.3. The van der Waals surface area contributed by atoms with Gasteiger partial charge >= 0.3 is 0 Å². The molecule has 0 aliphatic carbocycles. The van der Waals surface area contributed by atoms with Crippen molar-refractivity contribution in [1.29, 1.82) is 0 Å². The number of hydrogen-bond donors (Lipinski definition) is 1. The van der Waals surface area contributed by atoms with E-state index in [-0.39, 0.29) is 5.91 Å². The summed E-state index contributed by atoms with van der Waals surface area (Å²) in [6, 6.07) is 13.1. The minimum Gasteiger partial charge on any atom is -0.493 e. The van der Waals surface area contributed by atoms with Crippen LogP contribution in [0.1, 0.15) is 35.4 Å². The van der Waals surface area contributed by atoms with Crippen LogP contribution in [0.3, 0.4) is 0 Å². The van der Waals surface area contributed by atoms with Crippen LogP contribution in [0.4, 0.5) is 5.13 Å². The van der Waals surface area contributed by atoms with Crippen molar-refractivity contribution in [1.82, 2.24) is 24.6 Å². The molecule has 9 nitrogen and oxygen atoms in total. The lowest BCUT2D eigenvalue weighted by atomic mass is 9.99. The van der Waals surface area contributed by atoms with Gasteiger partial charge in [-0.2, -0.15) is 0 Å². The number of hydrogen-bond acceptors (Lipinski definition) is 8. The van der Waals surface area contributed by atoms with Crippen LogP contribution in [0, 0.1) is 5.92 Å². The molecular formula is C28H30N6O3S. The highest BCUT2D eigenvalue weighted by molar-refractivity contribution is 7.13. The zero-order chi connectivity index (χ0) is 25.9. The lowest BCUT2D eigenvalue weighted by molar-refractivity contribution is 0.102. The smallest absolute Gasteiger partial charge is 0.257 e. The van der Waals surface area contributed by atoms with Gasteiger partial charge in [0, 0.05) is 54.2 Å². The molecule has 1 saturated heterocycles. The molecule has 0 radical (unpaired) electrons. The Balaban J connectivity index is 1.21. The second-order valence-corrected chi connectivity index (χ2v) is 10.8. The third-order valence-electron chi connectivity index (χ3n) is 6.96. The number of amides is 1. The standard InChI is InChI=1S/C28H30N6O3S/c1-33-11-2-4-19(17-33)18-36-23-14-21(27(35)30-28-29-10-13-38-28)15-24(16-23)37-22-8-6-20(7-9-22)26-32-31-25-5-3-12-34(25)26/h6-10,13-16,19H,2-5,11-12,17-18H2,1H3,(H,29,30,35). The predicted molar refractivity (Wildman–Crippen MR) is 146 cm³/mol. The van der Waals surface area contributed by atoms with Crippen molar-refractivity contribution in [2.45, 2.75) is 32.2 Å². The number of benzene rings is 2. The molecule has 2 aromatic carbocycles. The van der Waals surface area contributed by atoms with Crippen molar-refractivity contribution in [3.05, 3.63) is 65.4 Å². The van der Waals surface area contributed by atoms with Crippen LogP contribution in [0.5, 0.6) is 17.2 Å². The second kappa shape index (κ2) is 10.9. The minimum absolute atomic E-state index is 0.261. The zero-order valence-corrected chi connectivity index (χ0v) is 22.1. The number of nitrogens with one attached hydrogen (secondary N) is 1. The summed E-state index contributed by atoms with van der Waals surface area (Å²) in [5, 5.41) is 13.9. The van der Waals surface area contributed by atoms with Crippen LogP contribution >= 0.6 is 11.3 Å². The topological polar surface area (TPSA) is 94.4 Å².